The summed E-state index contributed by atoms with van der Waals surface area (Å²) in [7, 11) is 0. The van der Waals surface area contributed by atoms with Crippen molar-refractivity contribution in [3.8, 4) is 0 Å². The molecule has 1 aliphatic rings. The number of benzene rings is 1. The molecule has 116 valence electrons. The molecule has 1 aromatic carbocycles. The highest BCUT2D eigenvalue weighted by atomic mass is 32.1. The molecule has 1 aromatic rings. The van der Waals surface area contributed by atoms with Crippen LogP contribution in [0.2, 0.25) is 0 Å². The topological polar surface area (TPSA) is 41.3 Å². The van der Waals surface area contributed by atoms with Crippen molar-refractivity contribution >= 4 is 22.9 Å². The maximum Gasteiger partial charge on any atom is 0.124 e. The Morgan fingerprint density at radius 2 is 2.29 bits per heavy atom. The summed E-state index contributed by atoms with van der Waals surface area (Å²) in [6, 6.07) is 5.21. The normalized spacial score (nSPS) is 19.4. The van der Waals surface area contributed by atoms with Crippen LogP contribution < -0.4 is 11.1 Å². The molecule has 0 saturated carbocycles. The summed E-state index contributed by atoms with van der Waals surface area (Å²) >= 11 is 4.97. The Morgan fingerprint density at radius 1 is 1.48 bits per heavy atom. The first-order chi connectivity index (χ1) is 10.1. The van der Waals surface area contributed by atoms with Gasteiger partial charge in [0.2, 0.25) is 0 Å². The number of thiocarbonyl (C=S) groups is 1. The molecule has 1 atom stereocenters. The Balaban J connectivity index is 1.82. The molecule has 0 amide bonds. The molecule has 0 aliphatic carbocycles. The standard InChI is InChI=1S/C16H24FN3S/c1-12-5-2-3-9-20(12)10-4-8-19-15-7-6-13(17)11-14(15)16(18)21/h6-7,11-12,19H,2-5,8-10H2,1H3,(H2,18,21). The van der Waals surface area contributed by atoms with Gasteiger partial charge in [-0.25, -0.2) is 4.39 Å². The van der Waals surface area contributed by atoms with E-state index in [4.69, 9.17) is 18.0 Å². The third kappa shape index (κ3) is 4.64. The Bertz CT molecular complexity index is 492. The van der Waals surface area contributed by atoms with Crippen LogP contribution in [-0.2, 0) is 0 Å². The van der Waals surface area contributed by atoms with Crippen molar-refractivity contribution < 1.29 is 4.39 Å². The second kappa shape index (κ2) is 7.71. The van der Waals surface area contributed by atoms with Crippen LogP contribution in [0.15, 0.2) is 18.2 Å². The summed E-state index contributed by atoms with van der Waals surface area (Å²) in [6.45, 7) is 5.44. The highest BCUT2D eigenvalue weighted by Crippen LogP contribution is 2.18. The molecule has 3 N–H and O–H groups in total. The van der Waals surface area contributed by atoms with Crippen LogP contribution in [0.1, 0.15) is 38.2 Å². The van der Waals surface area contributed by atoms with E-state index in [0.717, 1.165) is 25.2 Å². The number of piperidine rings is 1. The molecule has 1 heterocycles. The van der Waals surface area contributed by atoms with Crippen LogP contribution in [0.3, 0.4) is 0 Å². The molecule has 0 spiro atoms. The number of hydrogen-bond acceptors (Lipinski definition) is 3. The third-order valence-corrected chi connectivity index (χ3v) is 4.35. The molecule has 0 aromatic heterocycles. The van der Waals surface area contributed by atoms with Crippen LogP contribution in [0.4, 0.5) is 10.1 Å². The van der Waals surface area contributed by atoms with Gasteiger partial charge in [0.1, 0.15) is 10.8 Å². The summed E-state index contributed by atoms with van der Waals surface area (Å²) < 4.78 is 13.2. The summed E-state index contributed by atoms with van der Waals surface area (Å²) in [4.78, 5) is 2.77. The molecule has 1 fully saturated rings. The van der Waals surface area contributed by atoms with Gasteiger partial charge in [-0.3, -0.25) is 0 Å². The van der Waals surface area contributed by atoms with E-state index in [1.165, 1.54) is 37.9 Å². The predicted octanol–water partition coefficient (Wildman–Crippen LogP) is 3.14. The fourth-order valence-electron chi connectivity index (χ4n) is 2.87. The van der Waals surface area contributed by atoms with Gasteiger partial charge < -0.3 is 16.0 Å². The van der Waals surface area contributed by atoms with Gasteiger partial charge in [0.05, 0.1) is 0 Å². The van der Waals surface area contributed by atoms with E-state index in [0.29, 0.717) is 11.6 Å². The zero-order chi connectivity index (χ0) is 15.2. The van der Waals surface area contributed by atoms with Crippen LogP contribution in [0.5, 0.6) is 0 Å². The van der Waals surface area contributed by atoms with Crippen LogP contribution in [-0.4, -0.2) is 35.6 Å². The third-order valence-electron chi connectivity index (χ3n) is 4.13. The number of hydrogen-bond donors (Lipinski definition) is 2. The summed E-state index contributed by atoms with van der Waals surface area (Å²) in [5.41, 5.74) is 7.03. The summed E-state index contributed by atoms with van der Waals surface area (Å²) in [5.74, 6) is -0.314. The van der Waals surface area contributed by atoms with E-state index in [1.807, 2.05) is 0 Å². The number of nitrogens with zero attached hydrogens (tertiary/aromatic N) is 1. The first kappa shape index (κ1) is 16.2. The molecule has 5 heteroatoms. The highest BCUT2D eigenvalue weighted by Gasteiger charge is 2.17. The fraction of sp³-hybridized carbons (Fsp3) is 0.562. The molecule has 0 bridgehead atoms. The smallest absolute Gasteiger partial charge is 0.124 e. The summed E-state index contributed by atoms with van der Waals surface area (Å²) in [6.07, 6.45) is 5.01. The number of rotatable bonds is 6. The lowest BCUT2D eigenvalue weighted by Crippen LogP contribution is -2.38. The van der Waals surface area contributed by atoms with Gasteiger partial charge in [0.25, 0.3) is 0 Å². The van der Waals surface area contributed by atoms with Crippen molar-refractivity contribution in [1.82, 2.24) is 4.90 Å². The lowest BCUT2D eigenvalue weighted by Gasteiger charge is -2.33. The van der Waals surface area contributed by atoms with Crippen molar-refractivity contribution in [2.75, 3.05) is 25.0 Å². The molecular formula is C16H24FN3S. The lowest BCUT2D eigenvalue weighted by atomic mass is 10.0. The number of halogens is 1. The van der Waals surface area contributed by atoms with E-state index in [2.05, 4.69) is 17.1 Å². The minimum atomic E-state index is -0.314. The molecule has 21 heavy (non-hydrogen) atoms. The van der Waals surface area contributed by atoms with E-state index in [1.54, 1.807) is 6.07 Å². The Morgan fingerprint density at radius 3 is 3.00 bits per heavy atom. The van der Waals surface area contributed by atoms with E-state index < -0.39 is 0 Å². The van der Waals surface area contributed by atoms with Gasteiger partial charge in [-0.15, -0.1) is 0 Å². The lowest BCUT2D eigenvalue weighted by molar-refractivity contribution is 0.160. The molecular weight excluding hydrogens is 285 g/mol. The summed E-state index contributed by atoms with van der Waals surface area (Å²) in [5, 5.41) is 3.32. The largest absolute Gasteiger partial charge is 0.389 e. The second-order valence-corrected chi connectivity index (χ2v) is 6.16. The van der Waals surface area contributed by atoms with E-state index >= 15 is 0 Å². The van der Waals surface area contributed by atoms with Crippen molar-refractivity contribution in [3.05, 3.63) is 29.6 Å². The maximum absolute atomic E-state index is 13.2. The van der Waals surface area contributed by atoms with Crippen LogP contribution in [0.25, 0.3) is 0 Å². The van der Waals surface area contributed by atoms with E-state index in [9.17, 15) is 4.39 Å². The molecule has 2 rings (SSSR count). The van der Waals surface area contributed by atoms with E-state index in [-0.39, 0.29) is 10.8 Å². The van der Waals surface area contributed by atoms with Gasteiger partial charge in [0.15, 0.2) is 0 Å². The first-order valence-corrected chi connectivity index (χ1v) is 8.06. The van der Waals surface area contributed by atoms with Gasteiger partial charge >= 0.3 is 0 Å². The van der Waals surface area contributed by atoms with Crippen molar-refractivity contribution in [1.29, 1.82) is 0 Å². The Kier molecular flexibility index (Phi) is 5.94. The number of likely N-dealkylation sites (tertiary alicyclic amines) is 1. The molecule has 3 nitrogen and oxygen atoms in total. The molecule has 1 saturated heterocycles. The van der Waals surface area contributed by atoms with Gasteiger partial charge in [-0.2, -0.15) is 0 Å². The first-order valence-electron chi connectivity index (χ1n) is 7.65. The SMILES string of the molecule is CC1CCCCN1CCCNc1ccc(F)cc1C(N)=S. The Hall–Kier alpha value is -1.20. The quantitative estimate of drug-likeness (QED) is 0.626. The van der Waals surface area contributed by atoms with Crippen LogP contribution >= 0.6 is 12.2 Å². The molecule has 1 aliphatic heterocycles. The minimum Gasteiger partial charge on any atom is -0.389 e. The average molecular weight is 309 g/mol. The molecule has 1 unspecified atom stereocenters. The fourth-order valence-corrected chi connectivity index (χ4v) is 3.04. The van der Waals surface area contributed by atoms with Gasteiger partial charge in [-0.05, 0) is 50.9 Å². The monoisotopic (exact) mass is 309 g/mol. The number of anilines is 1. The zero-order valence-corrected chi connectivity index (χ0v) is 13.4. The maximum atomic E-state index is 13.2. The van der Waals surface area contributed by atoms with Crippen molar-refractivity contribution in [2.24, 2.45) is 5.73 Å². The molecule has 0 radical (unpaired) electrons. The Labute approximate surface area is 131 Å². The number of nitrogens with one attached hydrogen (secondary N) is 1. The highest BCUT2D eigenvalue weighted by molar-refractivity contribution is 7.80. The minimum absolute atomic E-state index is 0.224. The predicted molar refractivity (Wildman–Crippen MR) is 90.3 cm³/mol. The van der Waals surface area contributed by atoms with Crippen molar-refractivity contribution in [2.45, 2.75) is 38.6 Å². The van der Waals surface area contributed by atoms with Gasteiger partial charge in [-0.1, -0.05) is 18.6 Å². The average Bonchev–Trinajstić information content (AvgIpc) is 2.46. The number of nitrogens with two attached hydrogens (primary N) is 1. The van der Waals surface area contributed by atoms with Crippen LogP contribution in [0, 0.1) is 5.82 Å². The van der Waals surface area contributed by atoms with Crippen molar-refractivity contribution in [3.63, 3.8) is 0 Å². The zero-order valence-electron chi connectivity index (χ0n) is 12.6. The van der Waals surface area contributed by atoms with Gasteiger partial charge in [0, 0.05) is 30.4 Å². The second-order valence-electron chi connectivity index (χ2n) is 5.72.